The van der Waals surface area contributed by atoms with Gasteiger partial charge in [-0.3, -0.25) is 4.90 Å². The van der Waals surface area contributed by atoms with E-state index in [0.717, 1.165) is 16.9 Å². The number of para-hydroxylation sites is 1. The van der Waals surface area contributed by atoms with Crippen LogP contribution in [0.1, 0.15) is 28.6 Å². The Morgan fingerprint density at radius 1 is 1.00 bits per heavy atom. The van der Waals surface area contributed by atoms with Gasteiger partial charge in [-0.1, -0.05) is 30.3 Å². The minimum Gasteiger partial charge on any atom is -0.508 e. The van der Waals surface area contributed by atoms with Crippen molar-refractivity contribution in [3.63, 3.8) is 0 Å². The minimum absolute atomic E-state index is 0.227. The van der Waals surface area contributed by atoms with E-state index in [1.165, 1.54) is 0 Å². The summed E-state index contributed by atoms with van der Waals surface area (Å²) in [6.07, 6.45) is 0.897. The van der Waals surface area contributed by atoms with Crippen molar-refractivity contribution in [3.8, 4) is 11.8 Å². The lowest BCUT2D eigenvalue weighted by Gasteiger charge is -2.25. The van der Waals surface area contributed by atoms with Crippen molar-refractivity contribution in [1.82, 2.24) is 4.90 Å². The summed E-state index contributed by atoms with van der Waals surface area (Å²) in [6.45, 7) is 1.34. The highest BCUT2D eigenvalue weighted by molar-refractivity contribution is 5.33. The molecule has 0 aliphatic heterocycles. The van der Waals surface area contributed by atoms with Crippen LogP contribution in [0, 0.1) is 11.3 Å². The van der Waals surface area contributed by atoms with Crippen molar-refractivity contribution < 1.29 is 14.6 Å². The van der Waals surface area contributed by atoms with E-state index in [1.54, 1.807) is 42.7 Å². The summed E-state index contributed by atoms with van der Waals surface area (Å²) in [4.78, 5) is 2.01. The second kappa shape index (κ2) is 8.34. The van der Waals surface area contributed by atoms with Crippen molar-refractivity contribution >= 4 is 0 Å². The third kappa shape index (κ3) is 4.51. The number of hydrogen-bond donors (Lipinski definition) is 2. The normalized spacial score (nSPS) is 12.0. The van der Waals surface area contributed by atoms with Crippen LogP contribution in [0.2, 0.25) is 0 Å². The van der Waals surface area contributed by atoms with Crippen LogP contribution >= 0.6 is 0 Å². The number of phenolic OH excluding ortho intramolecular Hbond substituents is 1. The largest absolute Gasteiger partial charge is 0.508 e. The van der Waals surface area contributed by atoms with Gasteiger partial charge in [0.25, 0.3) is 0 Å². The Balaban J connectivity index is 1.75. The number of benzene rings is 2. The van der Waals surface area contributed by atoms with Gasteiger partial charge < -0.3 is 14.6 Å². The first-order valence-electron chi connectivity index (χ1n) is 8.35. The van der Waals surface area contributed by atoms with Crippen LogP contribution in [0.5, 0.6) is 5.75 Å². The number of aromatic hydroxyl groups is 1. The van der Waals surface area contributed by atoms with Gasteiger partial charge in [0.2, 0.25) is 0 Å². The van der Waals surface area contributed by atoms with Gasteiger partial charge in [-0.2, -0.15) is 5.26 Å². The smallest absolute Gasteiger partial charge is 0.120 e. The molecule has 132 valence electrons. The molecule has 0 radical (unpaired) electrons. The molecule has 26 heavy (non-hydrogen) atoms. The van der Waals surface area contributed by atoms with E-state index in [9.17, 15) is 10.2 Å². The van der Waals surface area contributed by atoms with Gasteiger partial charge in [-0.25, -0.2) is 0 Å². The molecular weight excluding hydrogens is 328 g/mol. The molecule has 0 spiro atoms. The highest BCUT2D eigenvalue weighted by atomic mass is 16.3. The first kappa shape index (κ1) is 17.7. The molecule has 1 aromatic heterocycles. The number of hydrogen-bond acceptors (Lipinski definition) is 5. The summed E-state index contributed by atoms with van der Waals surface area (Å²) in [6, 6.07) is 19.8. The molecule has 2 N–H and O–H groups in total. The Bertz CT molecular complexity index is 867. The van der Waals surface area contributed by atoms with E-state index < -0.39 is 6.10 Å². The predicted octanol–water partition coefficient (Wildman–Crippen LogP) is 3.59. The van der Waals surface area contributed by atoms with Crippen molar-refractivity contribution in [1.29, 1.82) is 5.26 Å². The fourth-order valence-electron chi connectivity index (χ4n) is 2.82. The van der Waals surface area contributed by atoms with E-state index in [2.05, 4.69) is 6.07 Å². The van der Waals surface area contributed by atoms with Crippen LogP contribution in [0.25, 0.3) is 0 Å². The highest BCUT2D eigenvalue weighted by Gasteiger charge is 2.17. The van der Waals surface area contributed by atoms with Crippen molar-refractivity contribution in [2.75, 3.05) is 6.54 Å². The van der Waals surface area contributed by atoms with Crippen LogP contribution in [0.15, 0.2) is 71.3 Å². The third-order valence-corrected chi connectivity index (χ3v) is 4.20. The Hall–Kier alpha value is -3.07. The first-order chi connectivity index (χ1) is 12.7. The molecule has 1 atom stereocenters. The summed E-state index contributed by atoms with van der Waals surface area (Å²) < 4.78 is 5.43. The average Bonchev–Trinajstić information content (AvgIpc) is 3.16. The molecule has 1 unspecified atom stereocenters. The maximum Gasteiger partial charge on any atom is 0.120 e. The zero-order valence-corrected chi connectivity index (χ0v) is 14.2. The van der Waals surface area contributed by atoms with Gasteiger partial charge in [0.05, 0.1) is 30.5 Å². The van der Waals surface area contributed by atoms with E-state index in [-0.39, 0.29) is 5.75 Å². The zero-order chi connectivity index (χ0) is 18.4. The summed E-state index contributed by atoms with van der Waals surface area (Å²) in [5, 5.41) is 29.6. The van der Waals surface area contributed by atoms with E-state index in [4.69, 9.17) is 9.68 Å². The standard InChI is InChI=1S/C21H20N2O3/c22-12-16-7-9-17(10-8-16)21(25)15-23(14-19-5-3-11-26-19)13-18-4-1-2-6-20(18)24/h1-11,21,24-25H,13-15H2. The second-order valence-corrected chi connectivity index (χ2v) is 6.13. The molecule has 0 amide bonds. The maximum absolute atomic E-state index is 10.6. The summed E-state index contributed by atoms with van der Waals surface area (Å²) in [7, 11) is 0. The lowest BCUT2D eigenvalue weighted by molar-refractivity contribution is 0.0999. The highest BCUT2D eigenvalue weighted by Crippen LogP contribution is 2.22. The van der Waals surface area contributed by atoms with Gasteiger partial charge in [-0.05, 0) is 35.9 Å². The molecule has 0 bridgehead atoms. The van der Waals surface area contributed by atoms with Crippen molar-refractivity contribution in [3.05, 3.63) is 89.4 Å². The Labute approximate surface area is 152 Å². The molecule has 0 saturated heterocycles. The number of phenols is 1. The van der Waals surface area contributed by atoms with E-state index in [1.807, 2.05) is 29.2 Å². The van der Waals surface area contributed by atoms with E-state index in [0.29, 0.717) is 25.2 Å². The predicted molar refractivity (Wildman–Crippen MR) is 97.0 cm³/mol. The molecular formula is C21H20N2O3. The van der Waals surface area contributed by atoms with Crippen molar-refractivity contribution in [2.45, 2.75) is 19.2 Å². The molecule has 1 heterocycles. The lowest BCUT2D eigenvalue weighted by atomic mass is 10.1. The molecule has 2 aromatic carbocycles. The number of aliphatic hydroxyl groups excluding tert-OH is 1. The number of rotatable bonds is 7. The van der Waals surface area contributed by atoms with Crippen LogP contribution in [-0.2, 0) is 13.1 Å². The molecule has 3 aromatic rings. The topological polar surface area (TPSA) is 80.6 Å². The van der Waals surface area contributed by atoms with Gasteiger partial charge in [0.1, 0.15) is 11.5 Å². The SMILES string of the molecule is N#Cc1ccc(C(O)CN(Cc2ccco2)Cc2ccccc2O)cc1. The molecule has 0 aliphatic rings. The number of furan rings is 1. The Morgan fingerprint density at radius 3 is 2.42 bits per heavy atom. The van der Waals surface area contributed by atoms with Crippen LogP contribution in [0.4, 0.5) is 0 Å². The molecule has 5 heteroatoms. The molecule has 5 nitrogen and oxygen atoms in total. The van der Waals surface area contributed by atoms with Crippen LogP contribution in [0.3, 0.4) is 0 Å². The lowest BCUT2D eigenvalue weighted by Crippen LogP contribution is -2.28. The maximum atomic E-state index is 10.6. The summed E-state index contributed by atoms with van der Waals surface area (Å²) >= 11 is 0. The minimum atomic E-state index is -0.719. The number of aliphatic hydroxyl groups is 1. The Morgan fingerprint density at radius 2 is 1.77 bits per heavy atom. The Kier molecular flexibility index (Phi) is 5.69. The summed E-state index contributed by atoms with van der Waals surface area (Å²) in [5.74, 6) is 1.01. The number of nitrogens with zero attached hydrogens (tertiary/aromatic N) is 2. The second-order valence-electron chi connectivity index (χ2n) is 6.13. The van der Waals surface area contributed by atoms with Gasteiger partial charge in [0.15, 0.2) is 0 Å². The molecule has 0 saturated carbocycles. The van der Waals surface area contributed by atoms with Crippen LogP contribution < -0.4 is 0 Å². The van der Waals surface area contributed by atoms with Gasteiger partial charge in [0, 0.05) is 18.7 Å². The molecule has 0 aliphatic carbocycles. The van der Waals surface area contributed by atoms with Gasteiger partial charge in [-0.15, -0.1) is 0 Å². The average molecular weight is 348 g/mol. The van der Waals surface area contributed by atoms with Gasteiger partial charge >= 0.3 is 0 Å². The van der Waals surface area contributed by atoms with Crippen molar-refractivity contribution in [2.24, 2.45) is 0 Å². The molecule has 3 rings (SSSR count). The molecule has 0 fully saturated rings. The fraction of sp³-hybridized carbons (Fsp3) is 0.190. The summed E-state index contributed by atoms with van der Waals surface area (Å²) in [5.41, 5.74) is 2.08. The van der Waals surface area contributed by atoms with E-state index >= 15 is 0 Å². The first-order valence-corrected chi connectivity index (χ1v) is 8.35. The quantitative estimate of drug-likeness (QED) is 0.682. The third-order valence-electron chi connectivity index (χ3n) is 4.20. The number of nitriles is 1. The monoisotopic (exact) mass is 348 g/mol. The fourth-order valence-corrected chi connectivity index (χ4v) is 2.82. The van der Waals surface area contributed by atoms with Crippen LogP contribution in [-0.4, -0.2) is 21.7 Å². The zero-order valence-electron chi connectivity index (χ0n) is 14.2.